The SMILES string of the molecule is CCCN(C(=O)CCOc1ccc(N)cc1)C1CC1. The summed E-state index contributed by atoms with van der Waals surface area (Å²) < 4.78 is 5.56. The van der Waals surface area contributed by atoms with Crippen LogP contribution in [0.15, 0.2) is 24.3 Å². The highest BCUT2D eigenvalue weighted by atomic mass is 16.5. The van der Waals surface area contributed by atoms with Gasteiger partial charge in [-0.1, -0.05) is 6.92 Å². The van der Waals surface area contributed by atoms with E-state index in [4.69, 9.17) is 10.5 Å². The van der Waals surface area contributed by atoms with Gasteiger partial charge in [0.25, 0.3) is 0 Å². The summed E-state index contributed by atoms with van der Waals surface area (Å²) in [4.78, 5) is 14.1. The van der Waals surface area contributed by atoms with Gasteiger partial charge in [-0.05, 0) is 43.5 Å². The standard InChI is InChI=1S/C15H22N2O2/c1-2-10-17(13-5-6-13)15(18)9-11-19-14-7-3-12(16)4-8-14/h3-4,7-8,13H,2,5-6,9-11,16H2,1H3. The topological polar surface area (TPSA) is 55.6 Å². The fraction of sp³-hybridized carbons (Fsp3) is 0.533. The zero-order valence-electron chi connectivity index (χ0n) is 11.5. The average Bonchev–Trinajstić information content (AvgIpc) is 3.22. The van der Waals surface area contributed by atoms with E-state index in [9.17, 15) is 4.79 Å². The van der Waals surface area contributed by atoms with E-state index in [-0.39, 0.29) is 5.91 Å². The third-order valence-electron chi connectivity index (χ3n) is 3.24. The molecule has 0 spiro atoms. The molecule has 19 heavy (non-hydrogen) atoms. The monoisotopic (exact) mass is 262 g/mol. The molecule has 0 saturated heterocycles. The van der Waals surface area contributed by atoms with Crippen LogP contribution >= 0.6 is 0 Å². The molecule has 4 heteroatoms. The molecule has 104 valence electrons. The van der Waals surface area contributed by atoms with Crippen LogP contribution in [-0.2, 0) is 4.79 Å². The van der Waals surface area contributed by atoms with Gasteiger partial charge in [0.05, 0.1) is 13.0 Å². The molecule has 1 aromatic carbocycles. The molecule has 1 amide bonds. The van der Waals surface area contributed by atoms with Crippen molar-refractivity contribution in [3.8, 4) is 5.75 Å². The third kappa shape index (κ3) is 4.16. The van der Waals surface area contributed by atoms with Crippen molar-refractivity contribution in [3.63, 3.8) is 0 Å². The fourth-order valence-corrected chi connectivity index (χ4v) is 2.10. The maximum Gasteiger partial charge on any atom is 0.226 e. The third-order valence-corrected chi connectivity index (χ3v) is 3.24. The largest absolute Gasteiger partial charge is 0.493 e. The lowest BCUT2D eigenvalue weighted by Gasteiger charge is -2.21. The van der Waals surface area contributed by atoms with Gasteiger partial charge >= 0.3 is 0 Å². The Kier molecular flexibility index (Phi) is 4.66. The summed E-state index contributed by atoms with van der Waals surface area (Å²) in [6.07, 6.45) is 3.77. The molecule has 1 aliphatic rings. The van der Waals surface area contributed by atoms with Crippen molar-refractivity contribution >= 4 is 11.6 Å². The highest BCUT2D eigenvalue weighted by Gasteiger charge is 2.31. The lowest BCUT2D eigenvalue weighted by molar-refractivity contribution is -0.132. The Hall–Kier alpha value is -1.71. The normalized spacial score (nSPS) is 14.2. The van der Waals surface area contributed by atoms with Crippen LogP contribution < -0.4 is 10.5 Å². The molecule has 2 rings (SSSR count). The summed E-state index contributed by atoms with van der Waals surface area (Å²) in [6, 6.07) is 7.73. The quantitative estimate of drug-likeness (QED) is 0.768. The molecule has 1 saturated carbocycles. The first-order chi connectivity index (χ1) is 9.20. The highest BCUT2D eigenvalue weighted by molar-refractivity contribution is 5.77. The number of carbonyl (C=O) groups excluding carboxylic acids is 1. The van der Waals surface area contributed by atoms with Gasteiger partial charge in [-0.2, -0.15) is 0 Å². The Balaban J connectivity index is 1.75. The minimum atomic E-state index is 0.208. The Bertz CT molecular complexity index is 413. The van der Waals surface area contributed by atoms with E-state index in [0.29, 0.717) is 24.8 Å². The van der Waals surface area contributed by atoms with Crippen LogP contribution in [0.2, 0.25) is 0 Å². The number of benzene rings is 1. The Morgan fingerprint density at radius 1 is 1.37 bits per heavy atom. The first kappa shape index (κ1) is 13.7. The minimum absolute atomic E-state index is 0.208. The molecule has 1 fully saturated rings. The molecule has 0 aromatic heterocycles. The maximum absolute atomic E-state index is 12.1. The molecular formula is C15H22N2O2. The van der Waals surface area contributed by atoms with Crippen molar-refractivity contribution in [2.45, 2.75) is 38.6 Å². The van der Waals surface area contributed by atoms with E-state index in [1.54, 1.807) is 12.1 Å². The number of hydrogen-bond donors (Lipinski definition) is 1. The van der Waals surface area contributed by atoms with Crippen molar-refractivity contribution in [3.05, 3.63) is 24.3 Å². The highest BCUT2D eigenvalue weighted by Crippen LogP contribution is 2.27. The van der Waals surface area contributed by atoms with Crippen LogP contribution in [0.1, 0.15) is 32.6 Å². The number of hydrogen-bond acceptors (Lipinski definition) is 3. The van der Waals surface area contributed by atoms with Gasteiger partial charge in [0, 0.05) is 18.3 Å². The molecule has 4 nitrogen and oxygen atoms in total. The van der Waals surface area contributed by atoms with Gasteiger partial charge in [-0.25, -0.2) is 0 Å². The molecule has 0 atom stereocenters. The molecule has 1 aliphatic carbocycles. The first-order valence-electron chi connectivity index (χ1n) is 6.98. The number of anilines is 1. The van der Waals surface area contributed by atoms with Crippen molar-refractivity contribution in [1.82, 2.24) is 4.90 Å². The van der Waals surface area contributed by atoms with Crippen LogP contribution in [0, 0.1) is 0 Å². The Labute approximate surface area is 114 Å². The molecule has 0 unspecified atom stereocenters. The number of amides is 1. The summed E-state index contributed by atoms with van der Waals surface area (Å²) in [6.45, 7) is 3.40. The van der Waals surface area contributed by atoms with E-state index in [0.717, 1.165) is 31.6 Å². The molecule has 0 heterocycles. The van der Waals surface area contributed by atoms with Gasteiger partial charge < -0.3 is 15.4 Å². The molecule has 1 aromatic rings. The van der Waals surface area contributed by atoms with Gasteiger partial charge in [0.15, 0.2) is 0 Å². The summed E-state index contributed by atoms with van der Waals surface area (Å²) >= 11 is 0. The minimum Gasteiger partial charge on any atom is -0.493 e. The van der Waals surface area contributed by atoms with Crippen LogP contribution in [0.3, 0.4) is 0 Å². The molecular weight excluding hydrogens is 240 g/mol. The summed E-state index contributed by atoms with van der Waals surface area (Å²) in [5.41, 5.74) is 6.31. The van der Waals surface area contributed by atoms with E-state index in [2.05, 4.69) is 6.92 Å². The number of nitrogens with two attached hydrogens (primary N) is 1. The predicted molar refractivity (Wildman–Crippen MR) is 76.0 cm³/mol. The lowest BCUT2D eigenvalue weighted by Crippen LogP contribution is -2.34. The number of rotatable bonds is 7. The lowest BCUT2D eigenvalue weighted by atomic mass is 10.3. The first-order valence-corrected chi connectivity index (χ1v) is 6.98. The van der Waals surface area contributed by atoms with E-state index >= 15 is 0 Å². The zero-order chi connectivity index (χ0) is 13.7. The molecule has 0 aliphatic heterocycles. The second kappa shape index (κ2) is 6.45. The smallest absolute Gasteiger partial charge is 0.226 e. The Morgan fingerprint density at radius 2 is 2.05 bits per heavy atom. The van der Waals surface area contributed by atoms with Gasteiger partial charge in [-0.3, -0.25) is 4.79 Å². The molecule has 2 N–H and O–H groups in total. The van der Waals surface area contributed by atoms with E-state index < -0.39 is 0 Å². The molecule has 0 radical (unpaired) electrons. The number of nitrogens with zero attached hydrogens (tertiary/aromatic N) is 1. The second-order valence-corrected chi connectivity index (χ2v) is 4.99. The van der Waals surface area contributed by atoms with E-state index in [1.807, 2.05) is 17.0 Å². The maximum atomic E-state index is 12.1. The number of carbonyl (C=O) groups is 1. The fourth-order valence-electron chi connectivity index (χ4n) is 2.10. The Morgan fingerprint density at radius 3 is 2.63 bits per heavy atom. The zero-order valence-corrected chi connectivity index (χ0v) is 11.5. The second-order valence-electron chi connectivity index (χ2n) is 4.99. The van der Waals surface area contributed by atoms with Crippen LogP contribution in [0.25, 0.3) is 0 Å². The molecule has 0 bridgehead atoms. The van der Waals surface area contributed by atoms with Crippen LogP contribution in [-0.4, -0.2) is 30.0 Å². The predicted octanol–water partition coefficient (Wildman–Crippen LogP) is 2.44. The van der Waals surface area contributed by atoms with Crippen LogP contribution in [0.5, 0.6) is 5.75 Å². The summed E-state index contributed by atoms with van der Waals surface area (Å²) in [5, 5.41) is 0. The van der Waals surface area contributed by atoms with Crippen molar-refractivity contribution in [2.24, 2.45) is 0 Å². The average molecular weight is 262 g/mol. The van der Waals surface area contributed by atoms with Crippen molar-refractivity contribution in [1.29, 1.82) is 0 Å². The summed E-state index contributed by atoms with van der Waals surface area (Å²) in [7, 11) is 0. The van der Waals surface area contributed by atoms with E-state index in [1.165, 1.54) is 0 Å². The van der Waals surface area contributed by atoms with Crippen molar-refractivity contribution < 1.29 is 9.53 Å². The van der Waals surface area contributed by atoms with Gasteiger partial charge in [-0.15, -0.1) is 0 Å². The van der Waals surface area contributed by atoms with Gasteiger partial charge in [0.2, 0.25) is 5.91 Å². The summed E-state index contributed by atoms with van der Waals surface area (Å²) in [5.74, 6) is 0.968. The van der Waals surface area contributed by atoms with Gasteiger partial charge in [0.1, 0.15) is 5.75 Å². The number of nitrogen functional groups attached to an aromatic ring is 1. The van der Waals surface area contributed by atoms with Crippen molar-refractivity contribution in [2.75, 3.05) is 18.9 Å². The van der Waals surface area contributed by atoms with Crippen LogP contribution in [0.4, 0.5) is 5.69 Å². The number of ether oxygens (including phenoxy) is 1.